The van der Waals surface area contributed by atoms with Gasteiger partial charge in [0, 0.05) is 5.56 Å². The first kappa shape index (κ1) is 13.2. The Morgan fingerprint density at radius 2 is 1.75 bits per heavy atom. The summed E-state index contributed by atoms with van der Waals surface area (Å²) in [5, 5.41) is 16.6. The predicted molar refractivity (Wildman–Crippen MR) is 68.5 cm³/mol. The maximum atomic E-state index is 11.4. The molecule has 1 aromatic heterocycles. The van der Waals surface area contributed by atoms with Gasteiger partial charge in [-0.3, -0.25) is 19.6 Å². The topological polar surface area (TPSA) is 154 Å². The van der Waals surface area contributed by atoms with E-state index in [1.54, 1.807) is 0 Å². The molecule has 0 radical (unpaired) electrons. The summed E-state index contributed by atoms with van der Waals surface area (Å²) < 4.78 is 0. The number of benzene rings is 1. The highest BCUT2D eigenvalue weighted by atomic mass is 16.3. The minimum absolute atomic E-state index is 0.300. The van der Waals surface area contributed by atoms with Crippen LogP contribution in [-0.4, -0.2) is 21.0 Å². The minimum Gasteiger partial charge on any atom is -0.493 e. The normalized spacial score (nSPS) is 10.8. The second-order valence-corrected chi connectivity index (χ2v) is 3.72. The molecule has 9 nitrogen and oxygen atoms in total. The van der Waals surface area contributed by atoms with Crippen LogP contribution in [0.3, 0.4) is 0 Å². The highest BCUT2D eigenvalue weighted by Gasteiger charge is 2.07. The number of aromatic amines is 2. The largest absolute Gasteiger partial charge is 0.493 e. The molecule has 2 aromatic rings. The van der Waals surface area contributed by atoms with E-state index in [1.807, 2.05) is 9.97 Å². The molecule has 0 bridgehead atoms. The lowest BCUT2D eigenvalue weighted by Gasteiger charge is -1.97. The van der Waals surface area contributed by atoms with Gasteiger partial charge in [0.25, 0.3) is 5.56 Å². The lowest BCUT2D eigenvalue weighted by Crippen LogP contribution is -2.20. The lowest BCUT2D eigenvalue weighted by atomic mass is 10.2. The van der Waals surface area contributed by atoms with Crippen LogP contribution in [-0.2, 0) is 0 Å². The van der Waals surface area contributed by atoms with E-state index in [9.17, 15) is 19.5 Å². The van der Waals surface area contributed by atoms with Gasteiger partial charge in [-0.25, -0.2) is 4.79 Å². The summed E-state index contributed by atoms with van der Waals surface area (Å²) in [5.41, 5.74) is 3.56. The number of nitrogens with zero attached hydrogens (tertiary/aromatic N) is 2. The lowest BCUT2D eigenvalue weighted by molar-refractivity contribution is 0.100. The molecule has 1 amide bonds. The molecule has 0 spiro atoms. The Balaban J connectivity index is 2.32. The number of primary amides is 1. The van der Waals surface area contributed by atoms with Crippen molar-refractivity contribution < 1.29 is 9.90 Å². The van der Waals surface area contributed by atoms with Crippen LogP contribution in [0.5, 0.6) is 5.88 Å². The minimum atomic E-state index is -0.872. The molecule has 1 aromatic carbocycles. The summed E-state index contributed by atoms with van der Waals surface area (Å²) in [6.07, 6.45) is 0. The number of aromatic hydroxyl groups is 1. The number of hydrogen-bond donors (Lipinski definition) is 4. The van der Waals surface area contributed by atoms with Gasteiger partial charge in [-0.2, -0.15) is 5.11 Å². The Morgan fingerprint density at radius 1 is 1.10 bits per heavy atom. The molecule has 9 heteroatoms. The molecule has 0 saturated carbocycles. The van der Waals surface area contributed by atoms with Gasteiger partial charge in [0.05, 0.1) is 5.69 Å². The Morgan fingerprint density at radius 3 is 2.30 bits per heavy atom. The number of aromatic nitrogens is 2. The van der Waals surface area contributed by atoms with Crippen LogP contribution in [0.1, 0.15) is 10.4 Å². The highest BCUT2D eigenvalue weighted by molar-refractivity contribution is 5.92. The third kappa shape index (κ3) is 2.77. The Labute approximate surface area is 110 Å². The maximum absolute atomic E-state index is 11.4. The number of nitrogens with two attached hydrogens (primary N) is 1. The van der Waals surface area contributed by atoms with Gasteiger partial charge >= 0.3 is 5.69 Å². The first-order chi connectivity index (χ1) is 9.47. The standard InChI is InChI=1S/C11H9N5O4/c12-8(17)5-1-3-6(4-2-5)15-16-7-9(18)13-11(20)14-10(7)19/h1-4H,(H2,12,17)(H3,13,14,18,19,20). The third-order valence-corrected chi connectivity index (χ3v) is 2.32. The van der Waals surface area contributed by atoms with Gasteiger partial charge in [0.15, 0.2) is 0 Å². The summed E-state index contributed by atoms with van der Waals surface area (Å²) in [4.78, 5) is 37.0. The van der Waals surface area contributed by atoms with Crippen LogP contribution in [0, 0.1) is 0 Å². The second kappa shape index (κ2) is 5.18. The van der Waals surface area contributed by atoms with E-state index in [1.165, 1.54) is 24.3 Å². The van der Waals surface area contributed by atoms with Crippen molar-refractivity contribution in [1.82, 2.24) is 9.97 Å². The van der Waals surface area contributed by atoms with E-state index in [0.29, 0.717) is 11.3 Å². The zero-order valence-electron chi connectivity index (χ0n) is 9.95. The molecule has 0 fully saturated rings. The van der Waals surface area contributed by atoms with Gasteiger partial charge in [0.1, 0.15) is 0 Å². The molecule has 102 valence electrons. The van der Waals surface area contributed by atoms with Crippen LogP contribution in [0.15, 0.2) is 44.1 Å². The van der Waals surface area contributed by atoms with Gasteiger partial charge in [0.2, 0.25) is 17.5 Å². The molecule has 0 aliphatic carbocycles. The number of carbonyl (C=O) groups is 1. The molecule has 0 aliphatic heterocycles. The van der Waals surface area contributed by atoms with Gasteiger partial charge in [-0.15, -0.1) is 5.11 Å². The van der Waals surface area contributed by atoms with Crippen molar-refractivity contribution in [3.63, 3.8) is 0 Å². The smallest absolute Gasteiger partial charge is 0.328 e. The molecule has 0 aliphatic rings. The van der Waals surface area contributed by atoms with Crippen LogP contribution >= 0.6 is 0 Å². The monoisotopic (exact) mass is 275 g/mol. The van der Waals surface area contributed by atoms with Crippen LogP contribution in [0.25, 0.3) is 0 Å². The van der Waals surface area contributed by atoms with E-state index in [2.05, 4.69) is 10.2 Å². The van der Waals surface area contributed by atoms with Crippen molar-refractivity contribution in [3.05, 3.63) is 50.7 Å². The third-order valence-electron chi connectivity index (χ3n) is 2.32. The van der Waals surface area contributed by atoms with Crippen molar-refractivity contribution in [2.75, 3.05) is 0 Å². The fourth-order valence-corrected chi connectivity index (χ4v) is 1.36. The van der Waals surface area contributed by atoms with Gasteiger partial charge in [-0.1, -0.05) is 0 Å². The summed E-state index contributed by atoms with van der Waals surface area (Å²) in [6, 6.07) is 5.79. The Kier molecular flexibility index (Phi) is 3.42. The Hall–Kier alpha value is -3.23. The first-order valence-corrected chi connectivity index (χ1v) is 5.34. The molecule has 5 N–H and O–H groups in total. The summed E-state index contributed by atoms with van der Waals surface area (Å²) in [6.45, 7) is 0. The molecule has 1 heterocycles. The first-order valence-electron chi connectivity index (χ1n) is 5.34. The van der Waals surface area contributed by atoms with Crippen molar-refractivity contribution in [2.45, 2.75) is 0 Å². The number of rotatable bonds is 3. The average Bonchev–Trinajstić information content (AvgIpc) is 2.38. The zero-order valence-corrected chi connectivity index (χ0v) is 9.95. The summed E-state index contributed by atoms with van der Waals surface area (Å²) >= 11 is 0. The zero-order chi connectivity index (χ0) is 14.7. The Bertz CT molecular complexity index is 788. The van der Waals surface area contributed by atoms with E-state index < -0.39 is 28.7 Å². The fourth-order valence-electron chi connectivity index (χ4n) is 1.36. The summed E-state index contributed by atoms with van der Waals surface area (Å²) in [5.74, 6) is -1.26. The number of nitrogens with one attached hydrogen (secondary N) is 2. The predicted octanol–water partition coefficient (Wildman–Crippen LogP) is 0.283. The maximum Gasteiger partial charge on any atom is 0.328 e. The van der Waals surface area contributed by atoms with E-state index in [4.69, 9.17) is 5.73 Å². The van der Waals surface area contributed by atoms with Crippen molar-refractivity contribution in [2.24, 2.45) is 16.0 Å². The molecule has 20 heavy (non-hydrogen) atoms. The van der Waals surface area contributed by atoms with Crippen LogP contribution in [0.2, 0.25) is 0 Å². The molecular formula is C11H9N5O4. The molecule has 2 rings (SSSR count). The molecular weight excluding hydrogens is 266 g/mol. The second-order valence-electron chi connectivity index (χ2n) is 3.72. The molecule has 0 atom stereocenters. The van der Waals surface area contributed by atoms with Crippen molar-refractivity contribution in [1.29, 1.82) is 0 Å². The van der Waals surface area contributed by atoms with Crippen LogP contribution < -0.4 is 17.0 Å². The van der Waals surface area contributed by atoms with Gasteiger partial charge < -0.3 is 10.8 Å². The van der Waals surface area contributed by atoms with Crippen molar-refractivity contribution >= 4 is 17.3 Å². The number of hydrogen-bond acceptors (Lipinski definition) is 6. The number of carbonyl (C=O) groups excluding carboxylic acids is 1. The van der Waals surface area contributed by atoms with E-state index >= 15 is 0 Å². The van der Waals surface area contributed by atoms with E-state index in [0.717, 1.165) is 0 Å². The number of azo groups is 1. The fraction of sp³-hybridized carbons (Fsp3) is 0. The number of amides is 1. The van der Waals surface area contributed by atoms with E-state index in [-0.39, 0.29) is 0 Å². The average molecular weight is 275 g/mol. The SMILES string of the molecule is NC(=O)c1ccc(N=Nc2c(O)[nH]c(=O)[nH]c2=O)cc1. The van der Waals surface area contributed by atoms with Crippen LogP contribution in [0.4, 0.5) is 11.4 Å². The summed E-state index contributed by atoms with van der Waals surface area (Å²) in [7, 11) is 0. The molecule has 0 saturated heterocycles. The van der Waals surface area contributed by atoms with Gasteiger partial charge in [-0.05, 0) is 24.3 Å². The van der Waals surface area contributed by atoms with Crippen molar-refractivity contribution in [3.8, 4) is 5.88 Å². The quantitative estimate of drug-likeness (QED) is 0.594. The number of H-pyrrole nitrogens is 2. The molecule has 0 unspecified atom stereocenters. The highest BCUT2D eigenvalue weighted by Crippen LogP contribution is 2.20.